The van der Waals surface area contributed by atoms with Gasteiger partial charge in [-0.25, -0.2) is 0 Å². The molecule has 0 saturated carbocycles. The average Bonchev–Trinajstić information content (AvgIpc) is 3.27. The zero-order valence-corrected chi connectivity index (χ0v) is 13.6. The lowest BCUT2D eigenvalue weighted by atomic mass is 10.1. The number of nitrogens with one attached hydrogen (secondary N) is 1. The highest BCUT2D eigenvalue weighted by atomic mass is 16.6. The van der Waals surface area contributed by atoms with E-state index >= 15 is 0 Å². The van der Waals surface area contributed by atoms with Gasteiger partial charge in [0.15, 0.2) is 11.5 Å². The van der Waals surface area contributed by atoms with Crippen LogP contribution in [0.4, 0.5) is 0 Å². The van der Waals surface area contributed by atoms with E-state index in [2.05, 4.69) is 15.5 Å². The van der Waals surface area contributed by atoms with Gasteiger partial charge in [0.05, 0.1) is 17.8 Å². The van der Waals surface area contributed by atoms with Crippen LogP contribution in [0.3, 0.4) is 0 Å². The van der Waals surface area contributed by atoms with Gasteiger partial charge in [-0.1, -0.05) is 11.2 Å². The first-order chi connectivity index (χ1) is 12.2. The van der Waals surface area contributed by atoms with Gasteiger partial charge in [-0.15, -0.1) is 0 Å². The van der Waals surface area contributed by atoms with Gasteiger partial charge in [-0.05, 0) is 24.3 Å². The molecular weight excluding hydrogens is 324 g/mol. The Morgan fingerprint density at radius 1 is 1.24 bits per heavy atom. The molecule has 8 heteroatoms. The molecule has 1 aromatic carbocycles. The molecule has 0 saturated heterocycles. The van der Waals surface area contributed by atoms with Crippen LogP contribution in [0, 0.1) is 0 Å². The first kappa shape index (κ1) is 15.3. The maximum absolute atomic E-state index is 12.4. The Labute approximate surface area is 143 Å². The number of ether oxygens (including phenoxy) is 2. The van der Waals surface area contributed by atoms with Crippen molar-refractivity contribution in [2.75, 3.05) is 13.2 Å². The highest BCUT2D eigenvalue weighted by Crippen LogP contribution is 2.33. The van der Waals surface area contributed by atoms with E-state index in [1.807, 2.05) is 29.9 Å². The lowest BCUT2D eigenvalue weighted by molar-refractivity contribution is 0.0935. The van der Waals surface area contributed by atoms with Crippen LogP contribution in [-0.4, -0.2) is 33.8 Å². The Bertz CT molecular complexity index is 915. The number of amides is 1. The number of fused-ring (bicyclic) bond motifs is 1. The third-order valence-corrected chi connectivity index (χ3v) is 3.85. The molecule has 25 heavy (non-hydrogen) atoms. The van der Waals surface area contributed by atoms with Crippen molar-refractivity contribution in [3.05, 3.63) is 48.0 Å². The number of benzene rings is 1. The van der Waals surface area contributed by atoms with Gasteiger partial charge in [0.25, 0.3) is 5.91 Å². The number of carbonyl (C=O) groups excluding carboxylic acids is 1. The number of hydrogen-bond donors (Lipinski definition) is 1. The van der Waals surface area contributed by atoms with Crippen LogP contribution < -0.4 is 14.8 Å². The SMILES string of the molecule is Cn1cccc1-c1noc(CNC(=O)c2cccc3c2OCCO3)n1. The van der Waals surface area contributed by atoms with E-state index in [0.717, 1.165) is 5.69 Å². The lowest BCUT2D eigenvalue weighted by Gasteiger charge is -2.20. The predicted octanol–water partition coefficient (Wildman–Crippen LogP) is 1.78. The standard InChI is InChI=1S/C17H16N4O4/c1-21-7-3-5-12(21)16-19-14(25-20-16)10-18-17(22)11-4-2-6-13-15(11)24-9-8-23-13/h2-7H,8-10H2,1H3,(H,18,22). The number of carbonyl (C=O) groups is 1. The van der Waals surface area contributed by atoms with E-state index in [9.17, 15) is 4.79 Å². The Hall–Kier alpha value is -3.29. The molecule has 0 bridgehead atoms. The fourth-order valence-corrected chi connectivity index (χ4v) is 2.63. The third kappa shape index (κ3) is 2.93. The molecule has 0 spiro atoms. The number of rotatable bonds is 4. The minimum Gasteiger partial charge on any atom is -0.486 e. The zero-order valence-electron chi connectivity index (χ0n) is 13.6. The molecular formula is C17H16N4O4. The second kappa shape index (κ2) is 6.31. The fourth-order valence-electron chi connectivity index (χ4n) is 2.63. The smallest absolute Gasteiger partial charge is 0.255 e. The summed E-state index contributed by atoms with van der Waals surface area (Å²) < 4.78 is 18.1. The molecule has 4 rings (SSSR count). The van der Waals surface area contributed by atoms with Crippen LogP contribution >= 0.6 is 0 Å². The Kier molecular flexibility index (Phi) is 3.85. The van der Waals surface area contributed by atoms with E-state index < -0.39 is 0 Å². The second-order valence-corrected chi connectivity index (χ2v) is 5.53. The summed E-state index contributed by atoms with van der Waals surface area (Å²) in [4.78, 5) is 16.7. The van der Waals surface area contributed by atoms with Gasteiger partial charge in [0.1, 0.15) is 13.2 Å². The van der Waals surface area contributed by atoms with Crippen molar-refractivity contribution in [3.63, 3.8) is 0 Å². The summed E-state index contributed by atoms with van der Waals surface area (Å²) in [6.45, 7) is 1.02. The predicted molar refractivity (Wildman–Crippen MR) is 87.3 cm³/mol. The highest BCUT2D eigenvalue weighted by Gasteiger charge is 2.20. The minimum absolute atomic E-state index is 0.126. The third-order valence-electron chi connectivity index (χ3n) is 3.85. The van der Waals surface area contributed by atoms with Crippen molar-refractivity contribution in [2.24, 2.45) is 7.05 Å². The summed E-state index contributed by atoms with van der Waals surface area (Å²) in [6, 6.07) is 9.00. The van der Waals surface area contributed by atoms with Crippen molar-refractivity contribution >= 4 is 5.91 Å². The molecule has 1 aliphatic rings. The molecule has 0 aliphatic carbocycles. The van der Waals surface area contributed by atoms with E-state index in [-0.39, 0.29) is 12.5 Å². The van der Waals surface area contributed by atoms with E-state index in [4.69, 9.17) is 14.0 Å². The first-order valence-corrected chi connectivity index (χ1v) is 7.83. The van der Waals surface area contributed by atoms with Crippen LogP contribution in [0.25, 0.3) is 11.5 Å². The lowest BCUT2D eigenvalue weighted by Crippen LogP contribution is -2.25. The summed E-state index contributed by atoms with van der Waals surface area (Å²) >= 11 is 0. The molecule has 1 amide bonds. The Balaban J connectivity index is 1.46. The molecule has 3 aromatic rings. The maximum Gasteiger partial charge on any atom is 0.255 e. The van der Waals surface area contributed by atoms with Gasteiger partial charge in [0, 0.05) is 13.2 Å². The summed E-state index contributed by atoms with van der Waals surface area (Å²) in [5, 5.41) is 6.70. The largest absolute Gasteiger partial charge is 0.486 e. The Morgan fingerprint density at radius 2 is 2.12 bits per heavy atom. The number of nitrogens with zero attached hydrogens (tertiary/aromatic N) is 3. The number of para-hydroxylation sites is 1. The molecule has 1 aliphatic heterocycles. The molecule has 3 heterocycles. The van der Waals surface area contributed by atoms with Crippen molar-refractivity contribution in [1.82, 2.24) is 20.0 Å². The summed E-state index contributed by atoms with van der Waals surface area (Å²) in [6.07, 6.45) is 1.90. The van der Waals surface area contributed by atoms with Crippen LogP contribution in [0.5, 0.6) is 11.5 Å². The second-order valence-electron chi connectivity index (χ2n) is 5.53. The van der Waals surface area contributed by atoms with Gasteiger partial charge >= 0.3 is 0 Å². The monoisotopic (exact) mass is 340 g/mol. The molecule has 0 fully saturated rings. The van der Waals surface area contributed by atoms with E-state index in [0.29, 0.717) is 42.0 Å². The average molecular weight is 340 g/mol. The molecule has 0 unspecified atom stereocenters. The molecule has 128 valence electrons. The quantitative estimate of drug-likeness (QED) is 0.778. The molecule has 8 nitrogen and oxygen atoms in total. The van der Waals surface area contributed by atoms with Gasteiger partial charge in [-0.3, -0.25) is 4.79 Å². The fraction of sp³-hybridized carbons (Fsp3) is 0.235. The topological polar surface area (TPSA) is 91.4 Å². The van der Waals surface area contributed by atoms with E-state index in [1.165, 1.54) is 0 Å². The molecule has 0 atom stereocenters. The zero-order chi connectivity index (χ0) is 17.2. The van der Waals surface area contributed by atoms with Gasteiger partial charge in [-0.2, -0.15) is 4.98 Å². The normalized spacial score (nSPS) is 12.8. The minimum atomic E-state index is -0.291. The van der Waals surface area contributed by atoms with Crippen molar-refractivity contribution < 1.29 is 18.8 Å². The van der Waals surface area contributed by atoms with Crippen molar-refractivity contribution in [1.29, 1.82) is 0 Å². The molecule has 0 radical (unpaired) electrons. The van der Waals surface area contributed by atoms with Crippen LogP contribution in [-0.2, 0) is 13.6 Å². The summed E-state index contributed by atoms with van der Waals surface area (Å²) in [7, 11) is 1.90. The van der Waals surface area contributed by atoms with Crippen LogP contribution in [0.15, 0.2) is 41.1 Å². The number of hydrogen-bond acceptors (Lipinski definition) is 6. The number of aryl methyl sites for hydroxylation is 1. The van der Waals surface area contributed by atoms with Gasteiger partial charge < -0.3 is 23.9 Å². The number of aromatic nitrogens is 3. The van der Waals surface area contributed by atoms with Crippen molar-refractivity contribution in [2.45, 2.75) is 6.54 Å². The van der Waals surface area contributed by atoms with Crippen LogP contribution in [0.1, 0.15) is 16.2 Å². The first-order valence-electron chi connectivity index (χ1n) is 7.83. The van der Waals surface area contributed by atoms with Crippen molar-refractivity contribution in [3.8, 4) is 23.0 Å². The van der Waals surface area contributed by atoms with Crippen LogP contribution in [0.2, 0.25) is 0 Å². The van der Waals surface area contributed by atoms with Gasteiger partial charge in [0.2, 0.25) is 11.7 Å². The van der Waals surface area contributed by atoms with E-state index in [1.54, 1.807) is 18.2 Å². The maximum atomic E-state index is 12.4. The molecule has 1 N–H and O–H groups in total. The highest BCUT2D eigenvalue weighted by molar-refractivity contribution is 5.97. The molecule has 2 aromatic heterocycles. The summed E-state index contributed by atoms with van der Waals surface area (Å²) in [5.41, 5.74) is 1.25. The Morgan fingerprint density at radius 3 is 2.96 bits per heavy atom. The summed E-state index contributed by atoms with van der Waals surface area (Å²) in [5.74, 6) is 1.54.